The number of nitrogens with one attached hydrogen (secondary N) is 2. The number of amides is 1. The van der Waals surface area contributed by atoms with Crippen LogP contribution in [0.3, 0.4) is 0 Å². The molecule has 0 heterocycles. The van der Waals surface area contributed by atoms with Gasteiger partial charge < -0.3 is 5.32 Å². The lowest BCUT2D eigenvalue weighted by Crippen LogP contribution is -2.23. The van der Waals surface area contributed by atoms with E-state index in [0.29, 0.717) is 5.69 Å². The van der Waals surface area contributed by atoms with Gasteiger partial charge in [-0.05, 0) is 46.7 Å². The first-order valence-electron chi connectivity index (χ1n) is 8.67. The summed E-state index contributed by atoms with van der Waals surface area (Å²) in [7, 11) is -3.58. The van der Waals surface area contributed by atoms with E-state index in [1.54, 1.807) is 18.2 Å². The van der Waals surface area contributed by atoms with E-state index >= 15 is 0 Å². The molecule has 0 saturated carbocycles. The molecule has 0 fully saturated rings. The van der Waals surface area contributed by atoms with Crippen molar-refractivity contribution in [3.05, 3.63) is 91.0 Å². The highest BCUT2D eigenvalue weighted by Gasteiger charge is 2.12. The fourth-order valence-corrected chi connectivity index (χ4v) is 3.71. The zero-order valence-electron chi connectivity index (χ0n) is 15.1. The molecular weight excluding hydrogens is 372 g/mol. The van der Waals surface area contributed by atoms with Gasteiger partial charge in [0.05, 0.1) is 4.90 Å². The first-order chi connectivity index (χ1) is 13.5. The van der Waals surface area contributed by atoms with E-state index in [0.717, 1.165) is 16.3 Å². The number of fused-ring (bicyclic) bond motifs is 1. The van der Waals surface area contributed by atoms with E-state index in [9.17, 15) is 13.2 Å². The van der Waals surface area contributed by atoms with Crippen LogP contribution in [0.15, 0.2) is 90.4 Å². The zero-order valence-corrected chi connectivity index (χ0v) is 15.9. The molecule has 0 aliphatic heterocycles. The first kappa shape index (κ1) is 19.5. The number of anilines is 1. The highest BCUT2D eigenvalue weighted by atomic mass is 32.2. The maximum atomic E-state index is 12.2. The van der Waals surface area contributed by atoms with Gasteiger partial charge in [-0.25, -0.2) is 13.1 Å². The Balaban J connectivity index is 1.69. The summed E-state index contributed by atoms with van der Waals surface area (Å²) < 4.78 is 26.5. The Morgan fingerprint density at radius 3 is 2.43 bits per heavy atom. The molecule has 3 aromatic rings. The molecule has 0 bridgehead atoms. The lowest BCUT2D eigenvalue weighted by atomic mass is 10.0. The molecule has 2 N–H and O–H groups in total. The number of hydrogen-bond donors (Lipinski definition) is 2. The Bertz CT molecular complexity index is 1130. The minimum Gasteiger partial charge on any atom is -0.323 e. The number of benzene rings is 3. The summed E-state index contributed by atoms with van der Waals surface area (Å²) in [4.78, 5) is 12.3. The monoisotopic (exact) mass is 392 g/mol. The van der Waals surface area contributed by atoms with Crippen LogP contribution in [0.1, 0.15) is 5.56 Å². The zero-order chi connectivity index (χ0) is 20.0. The van der Waals surface area contributed by atoms with Gasteiger partial charge in [-0.2, -0.15) is 0 Å². The van der Waals surface area contributed by atoms with Gasteiger partial charge in [0.1, 0.15) is 0 Å². The minimum absolute atomic E-state index is 0.124. The van der Waals surface area contributed by atoms with Crippen LogP contribution in [0.4, 0.5) is 5.69 Å². The SMILES string of the molecule is C=CCNS(=O)(=O)c1ccc(NC(=O)/C=C/c2cccc3ccccc23)cc1. The third-order valence-corrected chi connectivity index (χ3v) is 5.53. The third kappa shape index (κ3) is 4.73. The molecule has 6 heteroatoms. The summed E-state index contributed by atoms with van der Waals surface area (Å²) in [6.45, 7) is 3.63. The molecule has 0 atom stereocenters. The Hall–Kier alpha value is -3.22. The minimum atomic E-state index is -3.58. The van der Waals surface area contributed by atoms with Crippen molar-refractivity contribution in [2.45, 2.75) is 4.90 Å². The molecule has 3 aromatic carbocycles. The van der Waals surface area contributed by atoms with Crippen molar-refractivity contribution in [3.63, 3.8) is 0 Å². The van der Waals surface area contributed by atoms with Gasteiger partial charge in [-0.1, -0.05) is 48.5 Å². The van der Waals surface area contributed by atoms with Crippen LogP contribution >= 0.6 is 0 Å². The van der Waals surface area contributed by atoms with Gasteiger partial charge in [-0.15, -0.1) is 6.58 Å². The van der Waals surface area contributed by atoms with Crippen LogP contribution in [0.2, 0.25) is 0 Å². The molecule has 0 spiro atoms. The van der Waals surface area contributed by atoms with Crippen molar-refractivity contribution in [2.24, 2.45) is 0 Å². The highest BCUT2D eigenvalue weighted by molar-refractivity contribution is 7.89. The number of carbonyl (C=O) groups excluding carboxylic acids is 1. The van der Waals surface area contributed by atoms with Gasteiger partial charge >= 0.3 is 0 Å². The molecule has 0 aliphatic rings. The normalized spacial score (nSPS) is 11.6. The largest absolute Gasteiger partial charge is 0.323 e. The summed E-state index contributed by atoms with van der Waals surface area (Å²) in [6, 6.07) is 19.8. The molecule has 0 aromatic heterocycles. The highest BCUT2D eigenvalue weighted by Crippen LogP contribution is 2.20. The third-order valence-electron chi connectivity index (χ3n) is 4.09. The van der Waals surface area contributed by atoms with Crippen molar-refractivity contribution >= 4 is 38.5 Å². The quantitative estimate of drug-likeness (QED) is 0.472. The van der Waals surface area contributed by atoms with Crippen LogP contribution < -0.4 is 10.0 Å². The lowest BCUT2D eigenvalue weighted by Gasteiger charge is -2.06. The number of hydrogen-bond acceptors (Lipinski definition) is 3. The van der Waals surface area contributed by atoms with Crippen LogP contribution in [0, 0.1) is 0 Å². The van der Waals surface area contributed by atoms with Crippen LogP contribution in [-0.2, 0) is 14.8 Å². The Kier molecular flexibility index (Phi) is 6.03. The Morgan fingerprint density at radius 2 is 1.68 bits per heavy atom. The van der Waals surface area contributed by atoms with Crippen molar-refractivity contribution < 1.29 is 13.2 Å². The fraction of sp³-hybridized carbons (Fsp3) is 0.0455. The van der Waals surface area contributed by atoms with Crippen LogP contribution in [-0.4, -0.2) is 20.9 Å². The fourth-order valence-electron chi connectivity index (χ4n) is 2.71. The summed E-state index contributed by atoms with van der Waals surface area (Å²) >= 11 is 0. The molecule has 0 radical (unpaired) electrons. The van der Waals surface area contributed by atoms with Gasteiger partial charge in [0.2, 0.25) is 15.9 Å². The Morgan fingerprint density at radius 1 is 0.964 bits per heavy atom. The maximum Gasteiger partial charge on any atom is 0.248 e. The van der Waals surface area contributed by atoms with Gasteiger partial charge in [-0.3, -0.25) is 4.79 Å². The Labute approximate surface area is 164 Å². The first-order valence-corrected chi connectivity index (χ1v) is 10.2. The molecule has 0 aliphatic carbocycles. The van der Waals surface area contributed by atoms with Crippen LogP contribution in [0.25, 0.3) is 16.8 Å². The van der Waals surface area contributed by atoms with Crippen molar-refractivity contribution in [1.29, 1.82) is 0 Å². The van der Waals surface area contributed by atoms with Crippen LogP contribution in [0.5, 0.6) is 0 Å². The maximum absolute atomic E-state index is 12.2. The summed E-state index contributed by atoms with van der Waals surface area (Å²) in [5.41, 5.74) is 1.46. The predicted octanol–water partition coefficient (Wildman–Crippen LogP) is 3.96. The van der Waals surface area contributed by atoms with E-state index in [1.807, 2.05) is 42.5 Å². The van der Waals surface area contributed by atoms with Gasteiger partial charge in [0, 0.05) is 18.3 Å². The molecular formula is C22H20N2O3S. The van der Waals surface area contributed by atoms with E-state index in [-0.39, 0.29) is 17.3 Å². The van der Waals surface area contributed by atoms with Gasteiger partial charge in [0.15, 0.2) is 0 Å². The number of rotatable bonds is 7. The number of sulfonamides is 1. The molecule has 0 unspecified atom stereocenters. The second-order valence-corrected chi connectivity index (χ2v) is 7.82. The van der Waals surface area contributed by atoms with E-state index in [4.69, 9.17) is 0 Å². The summed E-state index contributed by atoms with van der Waals surface area (Å²) in [5.74, 6) is -0.298. The molecule has 1 amide bonds. The average molecular weight is 392 g/mol. The second kappa shape index (κ2) is 8.65. The molecule has 0 saturated heterocycles. The van der Waals surface area contributed by atoms with E-state index in [2.05, 4.69) is 16.6 Å². The number of carbonyl (C=O) groups is 1. The average Bonchev–Trinajstić information content (AvgIpc) is 2.71. The van der Waals surface area contributed by atoms with E-state index < -0.39 is 10.0 Å². The predicted molar refractivity (Wildman–Crippen MR) is 113 cm³/mol. The molecule has 5 nitrogen and oxygen atoms in total. The molecule has 28 heavy (non-hydrogen) atoms. The van der Waals surface area contributed by atoms with Crippen molar-refractivity contribution in [1.82, 2.24) is 4.72 Å². The van der Waals surface area contributed by atoms with Crippen molar-refractivity contribution in [2.75, 3.05) is 11.9 Å². The molecule has 142 valence electrons. The van der Waals surface area contributed by atoms with Crippen molar-refractivity contribution in [3.8, 4) is 0 Å². The summed E-state index contributed by atoms with van der Waals surface area (Å²) in [6.07, 6.45) is 4.68. The van der Waals surface area contributed by atoms with E-state index in [1.165, 1.54) is 24.3 Å². The summed E-state index contributed by atoms with van der Waals surface area (Å²) in [5, 5.41) is 4.89. The standard InChI is InChI=1S/C22H20N2O3S/c1-2-16-23-28(26,27)20-13-11-19(12-14-20)24-22(25)15-10-18-8-5-7-17-6-3-4-9-21(17)18/h2-15,23H,1,16H2,(H,24,25)/b15-10+. The topological polar surface area (TPSA) is 75.3 Å². The lowest BCUT2D eigenvalue weighted by molar-refractivity contribution is -0.111. The van der Waals surface area contributed by atoms with Gasteiger partial charge in [0.25, 0.3) is 0 Å². The second-order valence-electron chi connectivity index (χ2n) is 6.06. The smallest absolute Gasteiger partial charge is 0.248 e. The molecule has 3 rings (SSSR count).